The molecular weight excluding hydrogens is 1990 g/mol. The van der Waals surface area contributed by atoms with Crippen molar-refractivity contribution in [2.75, 3.05) is 74.9 Å². The van der Waals surface area contributed by atoms with Crippen LogP contribution in [0.4, 0.5) is 79.0 Å². The van der Waals surface area contributed by atoms with Crippen molar-refractivity contribution in [3.8, 4) is 5.75 Å². The standard InChI is InChI=1S/C19H22F6O7S.C18H23F3O7S.C12H9F5O5S.C10H6F4O5S.3C10H16N.Na/c1-10(2)13(26)31-16-6-11-3-12(7-16)5-15(4-11,8-16)14(27)32-17(18(20,21)22,19(23,24)25)9-33(28,29)30;1-10(2)14(22)28-17-6-11-3-12(7-17)5-16(4-11,9-17)15(23)27-13(18(19,20)21)8-29(24,25)26;1-2-7-3-5-8(6-4-7)9(18)22-10(11(13,14)15)12(16,17)23(19,20)21;1-3(2)10(15)19-8-4(11)6(13)9(20(16,17)18)7(14)5(8)12;3*1-11(2,3)9-10-7-5-4-6-8-10;/h11-12H,1,3-9H2,2H3,(H,28,29,30);11-13H,1,3-9H2,2H3,(H,24,25,26);2-6,10H,1H2,(H,19,20,21);1H2,2H3,(H,16,17,18);3*4-8H,9H2,1-3H3;/q;;;;4*+1/p-4. The molecule has 0 aromatic heterocycles. The number of ether oxygens (including phenoxy) is 6. The van der Waals surface area contributed by atoms with Gasteiger partial charge in [-0.3, -0.25) is 9.59 Å². The van der Waals surface area contributed by atoms with Crippen LogP contribution in [0.5, 0.6) is 5.75 Å². The second-order valence-corrected chi connectivity index (χ2v) is 43.4. The third kappa shape index (κ3) is 35.3. The topological polar surface area (TPSA) is 387 Å². The number of benzene rings is 5. The van der Waals surface area contributed by atoms with Crippen LogP contribution < -0.4 is 34.3 Å². The van der Waals surface area contributed by atoms with Crippen LogP contribution in [0.1, 0.15) is 130 Å². The van der Waals surface area contributed by atoms with E-state index in [1.165, 1.54) is 48.7 Å². The van der Waals surface area contributed by atoms with Crippen molar-refractivity contribution >= 4 is 82.4 Å². The number of quaternary nitrogens is 3. The van der Waals surface area contributed by atoms with Gasteiger partial charge in [-0.05, 0) is 126 Å². The van der Waals surface area contributed by atoms with Crippen molar-refractivity contribution in [1.82, 2.24) is 0 Å². The molecule has 139 heavy (non-hydrogen) atoms. The normalized spacial score (nSPS) is 21.5. The Balaban J connectivity index is 0.000000351. The van der Waals surface area contributed by atoms with Gasteiger partial charge in [-0.25, -0.2) is 61.6 Å². The molecule has 13 rings (SSSR count). The number of hydrogen-bond acceptors (Lipinski definition) is 24. The quantitative estimate of drug-likeness (QED) is 0.00571. The van der Waals surface area contributed by atoms with E-state index in [0.29, 0.717) is 24.8 Å². The fourth-order valence-electron chi connectivity index (χ4n) is 17.1. The van der Waals surface area contributed by atoms with E-state index in [2.05, 4.69) is 200 Å². The minimum absolute atomic E-state index is 0. The van der Waals surface area contributed by atoms with E-state index in [1.54, 1.807) is 0 Å². The number of nitrogens with zero attached hydrogens (tertiary/aromatic N) is 3. The molecule has 0 spiro atoms. The van der Waals surface area contributed by atoms with Gasteiger partial charge in [0.2, 0.25) is 23.5 Å². The fraction of sp³-hybridized carbons (Fsp3) is 0.506. The molecule has 8 aliphatic rings. The Morgan fingerprint density at radius 3 is 1.06 bits per heavy atom. The van der Waals surface area contributed by atoms with E-state index in [9.17, 15) is 160 Å². The number of alkyl halides is 14. The Labute approximate surface area is 814 Å². The van der Waals surface area contributed by atoms with Crippen LogP contribution in [0.2, 0.25) is 0 Å². The number of carbonyl (C=O) groups excluding carboxylic acids is 6. The number of hydrogen-bond donors (Lipinski definition) is 0. The molecule has 8 bridgehead atoms. The summed E-state index contributed by atoms with van der Waals surface area (Å²) in [4.78, 5) is 70.2. The van der Waals surface area contributed by atoms with Gasteiger partial charge in [0.15, 0.2) is 21.8 Å². The number of rotatable bonds is 26. The first-order valence-corrected chi connectivity index (χ1v) is 47.2. The summed E-state index contributed by atoms with van der Waals surface area (Å²) in [6, 6.07) is 36.1. The second-order valence-electron chi connectivity index (χ2n) is 37.8. The largest absolute Gasteiger partial charge is 1.00 e. The molecule has 5 aromatic rings. The van der Waals surface area contributed by atoms with Gasteiger partial charge >= 0.3 is 101 Å². The molecule has 0 amide bonds. The Kier molecular flexibility index (Phi) is 40.7. The van der Waals surface area contributed by atoms with Gasteiger partial charge in [0.25, 0.3) is 6.10 Å². The Bertz CT molecular complexity index is 5530. The first-order chi connectivity index (χ1) is 62.4. The number of carbonyl (C=O) groups is 6. The summed E-state index contributed by atoms with van der Waals surface area (Å²) in [5.74, 6) is -24.8. The van der Waals surface area contributed by atoms with E-state index in [0.717, 1.165) is 58.6 Å². The average molecular weight is 2090 g/mol. The van der Waals surface area contributed by atoms with Gasteiger partial charge in [-0.1, -0.05) is 136 Å². The maximum absolute atomic E-state index is 13.6. The van der Waals surface area contributed by atoms with Crippen LogP contribution in [0.25, 0.3) is 6.08 Å². The second kappa shape index (κ2) is 46.2. The van der Waals surface area contributed by atoms with Crippen molar-refractivity contribution in [3.63, 3.8) is 0 Å². The van der Waals surface area contributed by atoms with Crippen LogP contribution in [0.15, 0.2) is 163 Å². The third-order valence-electron chi connectivity index (χ3n) is 21.7. The molecular formula is C89H104F18N3NaO24S4. The monoisotopic (exact) mass is 2090 g/mol. The minimum atomic E-state index is -6.72. The summed E-state index contributed by atoms with van der Waals surface area (Å²) in [6.07, 6.45) is -27.3. The SMILES string of the molecule is C=C(C)C(=O)OC12CC3CC(C1)CC(C(=O)OC(CS(=O)(=O)[O-])(C(F)(F)F)C(F)(F)F)(C3)C2.C=C(C)C(=O)OC12CC3CC(C1)CC(C(=O)OC(CS(=O)(=O)[O-])C(F)(F)F)(C3)C2.C=C(C)C(=O)Oc1c(F)c(F)c(S(=O)(=O)[O-])c(F)c1F.C=Cc1ccc(C(=O)OC(C(F)(F)F)C(F)(F)S(=O)(=O)[O-])cc1.C[N+](C)(C)Cc1ccccc1.C[N+](C)(C)Cc1ccccc1.C[N+](C)(C)Cc1ccccc1.[Na+]. The predicted molar refractivity (Wildman–Crippen MR) is 453 cm³/mol. The van der Waals surface area contributed by atoms with Crippen LogP contribution in [0, 0.1) is 57.8 Å². The molecule has 27 nitrogen and oxygen atoms in total. The van der Waals surface area contributed by atoms with Gasteiger partial charge in [0, 0.05) is 46.3 Å². The van der Waals surface area contributed by atoms with Crippen molar-refractivity contribution in [2.24, 2.45) is 34.5 Å². The molecule has 8 saturated carbocycles. The van der Waals surface area contributed by atoms with Crippen molar-refractivity contribution in [2.45, 2.75) is 181 Å². The maximum Gasteiger partial charge on any atom is 1.00 e. The van der Waals surface area contributed by atoms with Gasteiger partial charge in [-0.15, -0.1) is 0 Å². The minimum Gasteiger partial charge on any atom is -0.748 e. The van der Waals surface area contributed by atoms with E-state index in [4.69, 9.17) is 9.47 Å². The van der Waals surface area contributed by atoms with Gasteiger partial charge < -0.3 is 60.1 Å². The summed E-state index contributed by atoms with van der Waals surface area (Å²) in [5, 5.41) is -5.87. The molecule has 6 atom stereocenters. The zero-order chi connectivity index (χ0) is 106. The molecule has 8 aliphatic carbocycles. The van der Waals surface area contributed by atoms with E-state index in [1.807, 2.05) is 0 Å². The third-order valence-corrected chi connectivity index (χ3v) is 25.0. The maximum atomic E-state index is 13.6. The van der Waals surface area contributed by atoms with Crippen LogP contribution in [0.3, 0.4) is 0 Å². The summed E-state index contributed by atoms with van der Waals surface area (Å²) < 4.78 is 397. The van der Waals surface area contributed by atoms with Gasteiger partial charge in [-0.2, -0.15) is 70.2 Å². The molecule has 0 heterocycles. The Morgan fingerprint density at radius 2 is 0.791 bits per heavy atom. The molecule has 0 radical (unpaired) electrons. The zero-order valence-corrected chi connectivity index (χ0v) is 82.7. The molecule has 0 saturated heterocycles. The smallest absolute Gasteiger partial charge is 0.748 e. The Morgan fingerprint density at radius 1 is 0.460 bits per heavy atom. The first-order valence-electron chi connectivity index (χ1n) is 41.2. The summed E-state index contributed by atoms with van der Waals surface area (Å²) in [6.45, 7) is 20.6. The van der Waals surface area contributed by atoms with Crippen LogP contribution in [-0.4, -0.2) is 235 Å². The molecule has 770 valence electrons. The predicted octanol–water partition coefficient (Wildman–Crippen LogP) is 12.7. The van der Waals surface area contributed by atoms with Crippen LogP contribution >= 0.6 is 0 Å². The zero-order valence-electron chi connectivity index (χ0n) is 77.4. The first kappa shape index (κ1) is 122. The molecule has 6 unspecified atom stereocenters. The van der Waals surface area contributed by atoms with Crippen molar-refractivity contribution in [1.29, 1.82) is 0 Å². The van der Waals surface area contributed by atoms with Crippen molar-refractivity contribution < 1.29 is 231 Å². The van der Waals surface area contributed by atoms with Crippen LogP contribution in [-0.2, 0) is 108 Å². The molecule has 0 aliphatic heterocycles. The van der Waals surface area contributed by atoms with Gasteiger partial charge in [0.05, 0.1) is 112 Å². The van der Waals surface area contributed by atoms with Crippen molar-refractivity contribution in [3.05, 3.63) is 209 Å². The summed E-state index contributed by atoms with van der Waals surface area (Å²) >= 11 is 0. The molecule has 5 aromatic carbocycles. The molecule has 50 heteroatoms. The Hall–Kier alpha value is -8.86. The van der Waals surface area contributed by atoms with Gasteiger partial charge in [0.1, 0.15) is 45.8 Å². The molecule has 8 fully saturated rings. The number of esters is 6. The summed E-state index contributed by atoms with van der Waals surface area (Å²) in [7, 11) is -4.12. The number of halogens is 18. The molecule has 0 N–H and O–H groups in total. The summed E-state index contributed by atoms with van der Waals surface area (Å²) in [5.41, 5.74) is -6.95. The van der Waals surface area contributed by atoms with E-state index >= 15 is 0 Å². The average Bonchev–Trinajstić information content (AvgIpc) is 0.714. The fourth-order valence-corrected chi connectivity index (χ4v) is 19.7. The van der Waals surface area contributed by atoms with E-state index in [-0.39, 0.29) is 121 Å². The van der Waals surface area contributed by atoms with E-state index < -0.39 is 197 Å².